The molecule has 0 atom stereocenters. The molecule has 1 heterocycles. The Hall–Kier alpha value is -1.90. The molecular formula is C20H28N2O. The van der Waals surface area contributed by atoms with Crippen LogP contribution in [-0.2, 0) is 11.2 Å². The first kappa shape index (κ1) is 17.5. The van der Waals surface area contributed by atoms with Crippen molar-refractivity contribution in [1.82, 2.24) is 4.90 Å². The van der Waals surface area contributed by atoms with Crippen LogP contribution in [0.3, 0.4) is 0 Å². The minimum absolute atomic E-state index is 0.00932. The number of hydrogen-bond acceptors (Lipinski definition) is 2. The maximum atomic E-state index is 12.6. The number of rotatable bonds is 2. The molecular weight excluding hydrogens is 284 g/mol. The summed E-state index contributed by atoms with van der Waals surface area (Å²) in [4.78, 5) is 19.3. The molecule has 0 N–H and O–H groups in total. The van der Waals surface area contributed by atoms with Crippen LogP contribution >= 0.6 is 0 Å². The van der Waals surface area contributed by atoms with E-state index in [0.717, 1.165) is 23.4 Å². The van der Waals surface area contributed by atoms with Gasteiger partial charge in [0.2, 0.25) is 0 Å². The molecule has 1 aromatic carbocycles. The van der Waals surface area contributed by atoms with Crippen LogP contribution < -0.4 is 0 Å². The van der Waals surface area contributed by atoms with Gasteiger partial charge in [0.1, 0.15) is 5.84 Å². The monoisotopic (exact) mass is 312 g/mol. The lowest BCUT2D eigenvalue weighted by atomic mass is 10.0. The molecule has 1 amide bonds. The van der Waals surface area contributed by atoms with Gasteiger partial charge in [-0.15, -0.1) is 0 Å². The lowest BCUT2D eigenvalue weighted by Crippen LogP contribution is -2.46. The fraction of sp³-hybridized carbons (Fsp3) is 0.500. The van der Waals surface area contributed by atoms with Crippen LogP contribution in [0.5, 0.6) is 0 Å². The van der Waals surface area contributed by atoms with Crippen LogP contribution in [0.15, 0.2) is 35.3 Å². The SMILES string of the molecule is CCc1ccc(C2=CC(=O)N(C(C)(C)C)C2=NC(C)(C)C)cc1. The van der Waals surface area contributed by atoms with Gasteiger partial charge in [0.15, 0.2) is 0 Å². The molecule has 124 valence electrons. The molecule has 0 unspecified atom stereocenters. The molecule has 1 aliphatic heterocycles. The molecule has 0 aromatic heterocycles. The quantitative estimate of drug-likeness (QED) is 0.793. The van der Waals surface area contributed by atoms with E-state index >= 15 is 0 Å². The van der Waals surface area contributed by atoms with Gasteiger partial charge in [-0.1, -0.05) is 31.2 Å². The summed E-state index contributed by atoms with van der Waals surface area (Å²) in [7, 11) is 0. The molecule has 0 fully saturated rings. The molecule has 3 heteroatoms. The number of nitrogens with zero attached hydrogens (tertiary/aromatic N) is 2. The minimum Gasteiger partial charge on any atom is -0.288 e. The number of carbonyl (C=O) groups is 1. The van der Waals surface area contributed by atoms with Gasteiger partial charge in [0.25, 0.3) is 5.91 Å². The lowest BCUT2D eigenvalue weighted by Gasteiger charge is -2.34. The zero-order chi connectivity index (χ0) is 17.4. The Bertz CT molecular complexity index is 652. The van der Waals surface area contributed by atoms with Crippen molar-refractivity contribution < 1.29 is 4.79 Å². The maximum Gasteiger partial charge on any atom is 0.253 e. The van der Waals surface area contributed by atoms with Gasteiger partial charge < -0.3 is 0 Å². The predicted molar refractivity (Wildman–Crippen MR) is 97.6 cm³/mol. The first-order chi connectivity index (χ1) is 10.5. The van der Waals surface area contributed by atoms with Crippen LogP contribution in [0.2, 0.25) is 0 Å². The smallest absolute Gasteiger partial charge is 0.253 e. The van der Waals surface area contributed by atoms with Crippen LogP contribution in [-0.4, -0.2) is 27.7 Å². The van der Waals surface area contributed by atoms with Crippen molar-refractivity contribution in [3.05, 3.63) is 41.5 Å². The second-order valence-corrected chi connectivity index (χ2v) is 8.06. The van der Waals surface area contributed by atoms with E-state index in [1.807, 2.05) is 20.8 Å². The van der Waals surface area contributed by atoms with Crippen molar-refractivity contribution in [2.45, 2.75) is 66.0 Å². The fourth-order valence-corrected chi connectivity index (χ4v) is 2.69. The third kappa shape index (κ3) is 3.90. The van der Waals surface area contributed by atoms with Crippen molar-refractivity contribution in [3.63, 3.8) is 0 Å². The Labute approximate surface area is 140 Å². The summed E-state index contributed by atoms with van der Waals surface area (Å²) >= 11 is 0. The van der Waals surface area contributed by atoms with Crippen molar-refractivity contribution >= 4 is 17.3 Å². The molecule has 0 spiro atoms. The topological polar surface area (TPSA) is 32.7 Å². The molecule has 0 radical (unpaired) electrons. The van der Waals surface area contributed by atoms with Crippen molar-refractivity contribution in [1.29, 1.82) is 0 Å². The van der Waals surface area contributed by atoms with Crippen molar-refractivity contribution in [2.75, 3.05) is 0 Å². The number of amides is 1. The van der Waals surface area contributed by atoms with E-state index in [1.54, 1.807) is 11.0 Å². The third-order valence-electron chi connectivity index (χ3n) is 3.73. The number of hydrogen-bond donors (Lipinski definition) is 0. The van der Waals surface area contributed by atoms with E-state index in [0.29, 0.717) is 0 Å². The number of amidine groups is 1. The highest BCUT2D eigenvalue weighted by atomic mass is 16.2. The summed E-state index contributed by atoms with van der Waals surface area (Å²) in [6.07, 6.45) is 2.73. The van der Waals surface area contributed by atoms with Crippen molar-refractivity contribution in [2.24, 2.45) is 4.99 Å². The first-order valence-corrected chi connectivity index (χ1v) is 8.28. The highest BCUT2D eigenvalue weighted by molar-refractivity contribution is 6.36. The molecule has 1 aromatic rings. The zero-order valence-corrected chi connectivity index (χ0v) is 15.4. The van der Waals surface area contributed by atoms with E-state index in [4.69, 9.17) is 4.99 Å². The fourth-order valence-electron chi connectivity index (χ4n) is 2.69. The number of aliphatic imine (C=N–C) groups is 1. The van der Waals surface area contributed by atoms with Gasteiger partial charge in [-0.05, 0) is 59.1 Å². The van der Waals surface area contributed by atoms with E-state index in [1.165, 1.54) is 5.56 Å². The average Bonchev–Trinajstić information content (AvgIpc) is 2.73. The third-order valence-corrected chi connectivity index (χ3v) is 3.73. The Morgan fingerprint density at radius 3 is 2.00 bits per heavy atom. The summed E-state index contributed by atoms with van der Waals surface area (Å²) in [5, 5.41) is 0. The van der Waals surface area contributed by atoms with Gasteiger partial charge in [0, 0.05) is 17.2 Å². The molecule has 1 aliphatic rings. The van der Waals surface area contributed by atoms with Gasteiger partial charge in [-0.25, -0.2) is 0 Å². The molecule has 23 heavy (non-hydrogen) atoms. The number of carbonyl (C=O) groups excluding carboxylic acids is 1. The Morgan fingerprint density at radius 2 is 1.57 bits per heavy atom. The maximum absolute atomic E-state index is 12.6. The van der Waals surface area contributed by atoms with E-state index in [2.05, 4.69) is 52.0 Å². The normalized spacial score (nSPS) is 17.9. The van der Waals surface area contributed by atoms with Crippen molar-refractivity contribution in [3.8, 4) is 0 Å². The first-order valence-electron chi connectivity index (χ1n) is 8.28. The summed E-state index contributed by atoms with van der Waals surface area (Å²) < 4.78 is 0. The highest BCUT2D eigenvalue weighted by Crippen LogP contribution is 2.31. The second-order valence-electron chi connectivity index (χ2n) is 8.06. The minimum atomic E-state index is -0.303. The highest BCUT2D eigenvalue weighted by Gasteiger charge is 2.38. The molecule has 3 nitrogen and oxygen atoms in total. The standard InChI is InChI=1S/C20H28N2O/c1-8-14-9-11-15(12-10-14)16-13-17(23)22(20(5,6)7)18(16)21-19(2,3)4/h9-13H,8H2,1-7H3. The number of aryl methyl sites for hydroxylation is 1. The Kier molecular flexibility index (Phi) is 4.52. The summed E-state index contributed by atoms with van der Waals surface area (Å²) in [5.74, 6) is 0.786. The lowest BCUT2D eigenvalue weighted by molar-refractivity contribution is -0.124. The van der Waals surface area contributed by atoms with E-state index in [9.17, 15) is 4.79 Å². The van der Waals surface area contributed by atoms with Crippen LogP contribution in [0.25, 0.3) is 5.57 Å². The van der Waals surface area contributed by atoms with Crippen LogP contribution in [0, 0.1) is 0 Å². The predicted octanol–water partition coefficient (Wildman–Crippen LogP) is 4.47. The van der Waals surface area contributed by atoms with E-state index < -0.39 is 0 Å². The van der Waals surface area contributed by atoms with Gasteiger partial charge >= 0.3 is 0 Å². The van der Waals surface area contributed by atoms with Gasteiger partial charge in [-0.3, -0.25) is 14.7 Å². The molecule has 0 saturated carbocycles. The van der Waals surface area contributed by atoms with Gasteiger partial charge in [0.05, 0.1) is 5.54 Å². The Morgan fingerprint density at radius 1 is 1.00 bits per heavy atom. The molecule has 0 aliphatic carbocycles. The summed E-state index contributed by atoms with van der Waals surface area (Å²) in [6.45, 7) is 14.4. The van der Waals surface area contributed by atoms with Crippen LogP contribution in [0.1, 0.15) is 59.6 Å². The molecule has 2 rings (SSSR count). The summed E-state index contributed by atoms with van der Waals surface area (Å²) in [6, 6.07) is 8.41. The zero-order valence-electron chi connectivity index (χ0n) is 15.4. The largest absolute Gasteiger partial charge is 0.288 e. The number of benzene rings is 1. The molecule has 0 bridgehead atoms. The summed E-state index contributed by atoms with van der Waals surface area (Å²) in [5.41, 5.74) is 2.71. The molecule has 0 saturated heterocycles. The second kappa shape index (κ2) is 5.95. The Balaban J connectivity index is 2.54. The van der Waals surface area contributed by atoms with Gasteiger partial charge in [-0.2, -0.15) is 0 Å². The van der Waals surface area contributed by atoms with Crippen LogP contribution in [0.4, 0.5) is 0 Å². The average molecular weight is 312 g/mol. The van der Waals surface area contributed by atoms with E-state index in [-0.39, 0.29) is 17.0 Å².